The van der Waals surface area contributed by atoms with E-state index in [1.165, 1.54) is 0 Å². The highest BCUT2D eigenvalue weighted by Crippen LogP contribution is 2.39. The van der Waals surface area contributed by atoms with Gasteiger partial charge in [0.05, 0.1) is 18.2 Å². The monoisotopic (exact) mass is 381 g/mol. The first-order valence-electron chi connectivity index (χ1n) is 8.97. The van der Waals surface area contributed by atoms with E-state index in [4.69, 9.17) is 17.3 Å². The Morgan fingerprint density at radius 1 is 1.15 bits per heavy atom. The smallest absolute Gasteiger partial charge is 0.249 e. The van der Waals surface area contributed by atoms with E-state index in [0.717, 1.165) is 34.5 Å². The molecule has 140 valence electrons. The summed E-state index contributed by atoms with van der Waals surface area (Å²) in [6.45, 7) is 9.11. The highest BCUT2D eigenvalue weighted by atomic mass is 35.5. The van der Waals surface area contributed by atoms with Gasteiger partial charge in [-0.2, -0.15) is 0 Å². The maximum atomic E-state index is 12.4. The van der Waals surface area contributed by atoms with Gasteiger partial charge in [0, 0.05) is 22.7 Å². The number of imidazole rings is 1. The average molecular weight is 382 g/mol. The van der Waals surface area contributed by atoms with E-state index in [9.17, 15) is 4.79 Å². The fourth-order valence-corrected chi connectivity index (χ4v) is 3.59. The van der Waals surface area contributed by atoms with Crippen molar-refractivity contribution >= 4 is 17.5 Å². The lowest BCUT2D eigenvalue weighted by Crippen LogP contribution is -2.22. The number of halogens is 1. The van der Waals surface area contributed by atoms with E-state index in [1.807, 2.05) is 41.1 Å². The molecule has 3 aromatic rings. The number of carbonyl (C=O) groups excluding carboxylic acids is 1. The first kappa shape index (κ1) is 19.2. The van der Waals surface area contributed by atoms with E-state index in [0.29, 0.717) is 10.6 Å². The topological polar surface area (TPSA) is 60.9 Å². The molecule has 27 heavy (non-hydrogen) atoms. The molecule has 0 saturated heterocycles. The van der Waals surface area contributed by atoms with E-state index in [1.54, 1.807) is 6.33 Å². The number of hydrogen-bond acceptors (Lipinski definition) is 2. The van der Waals surface area contributed by atoms with E-state index < -0.39 is 5.91 Å². The number of hydrogen-bond donors (Lipinski definition) is 1. The number of benzene rings is 2. The van der Waals surface area contributed by atoms with Gasteiger partial charge in [-0.1, -0.05) is 44.5 Å². The Hall–Kier alpha value is -2.59. The van der Waals surface area contributed by atoms with Gasteiger partial charge in [-0.05, 0) is 53.3 Å². The van der Waals surface area contributed by atoms with Gasteiger partial charge < -0.3 is 10.3 Å². The van der Waals surface area contributed by atoms with Crippen LogP contribution >= 0.6 is 11.6 Å². The van der Waals surface area contributed by atoms with Crippen LogP contribution < -0.4 is 5.73 Å². The maximum Gasteiger partial charge on any atom is 0.249 e. The molecule has 1 amide bonds. The SMILES string of the molecule is CCn1cncc1-c1cc(C(N)=O)c(C(C)(C)C)c(-c2ccc(Cl)cc2)c1. The molecule has 0 saturated carbocycles. The Labute approximate surface area is 165 Å². The zero-order valence-electron chi connectivity index (χ0n) is 16.1. The van der Waals surface area contributed by atoms with Crippen molar-refractivity contribution in [3.63, 3.8) is 0 Å². The number of aryl methyl sites for hydroxylation is 1. The third-order valence-corrected chi connectivity index (χ3v) is 4.91. The molecule has 1 aromatic heterocycles. The molecule has 0 aliphatic rings. The summed E-state index contributed by atoms with van der Waals surface area (Å²) in [5.74, 6) is -0.431. The first-order valence-corrected chi connectivity index (χ1v) is 9.35. The Balaban J connectivity index is 2.37. The van der Waals surface area contributed by atoms with Gasteiger partial charge in [-0.25, -0.2) is 4.98 Å². The van der Waals surface area contributed by atoms with Gasteiger partial charge in [0.1, 0.15) is 0 Å². The summed E-state index contributed by atoms with van der Waals surface area (Å²) in [6, 6.07) is 11.6. The number of nitrogens with two attached hydrogens (primary N) is 1. The second-order valence-corrected chi connectivity index (χ2v) is 8.07. The quantitative estimate of drug-likeness (QED) is 0.667. The van der Waals surface area contributed by atoms with E-state index >= 15 is 0 Å². The van der Waals surface area contributed by atoms with Crippen LogP contribution in [0.2, 0.25) is 5.02 Å². The van der Waals surface area contributed by atoms with Gasteiger partial charge in [0.15, 0.2) is 0 Å². The Morgan fingerprint density at radius 3 is 2.37 bits per heavy atom. The number of aromatic nitrogens is 2. The minimum Gasteiger partial charge on any atom is -0.366 e. The van der Waals surface area contributed by atoms with Crippen LogP contribution in [0.25, 0.3) is 22.4 Å². The van der Waals surface area contributed by atoms with Crippen molar-refractivity contribution in [1.82, 2.24) is 9.55 Å². The van der Waals surface area contributed by atoms with Crippen molar-refractivity contribution in [2.75, 3.05) is 0 Å². The molecule has 2 N–H and O–H groups in total. The number of rotatable bonds is 4. The van der Waals surface area contributed by atoms with E-state index in [-0.39, 0.29) is 5.41 Å². The standard InChI is InChI=1S/C22H24ClN3O/c1-5-26-13-25-12-19(26)15-10-17(14-6-8-16(23)9-7-14)20(22(2,3)4)18(11-15)21(24)27/h6-13H,5H2,1-4H3,(H2,24,27). The molecule has 0 atom stereocenters. The fourth-order valence-electron chi connectivity index (χ4n) is 3.46. The molecule has 0 fully saturated rings. The largest absolute Gasteiger partial charge is 0.366 e. The summed E-state index contributed by atoms with van der Waals surface area (Å²) in [5.41, 5.74) is 10.9. The van der Waals surface area contributed by atoms with Gasteiger partial charge in [0.2, 0.25) is 5.91 Å². The summed E-state index contributed by atoms with van der Waals surface area (Å²) in [7, 11) is 0. The summed E-state index contributed by atoms with van der Waals surface area (Å²) >= 11 is 6.08. The number of carbonyl (C=O) groups is 1. The summed E-state index contributed by atoms with van der Waals surface area (Å²) < 4.78 is 2.04. The number of primary amides is 1. The lowest BCUT2D eigenvalue weighted by molar-refractivity contribution is 0.0998. The molecule has 5 heteroatoms. The molecule has 0 aliphatic heterocycles. The molecule has 0 bridgehead atoms. The zero-order valence-corrected chi connectivity index (χ0v) is 16.8. The van der Waals surface area contributed by atoms with Crippen LogP contribution in [0.15, 0.2) is 48.9 Å². The van der Waals surface area contributed by atoms with E-state index in [2.05, 4.69) is 38.7 Å². The van der Waals surface area contributed by atoms with Crippen molar-refractivity contribution in [2.24, 2.45) is 5.73 Å². The van der Waals surface area contributed by atoms with Gasteiger partial charge >= 0.3 is 0 Å². The van der Waals surface area contributed by atoms with Crippen molar-refractivity contribution in [2.45, 2.75) is 39.7 Å². The normalized spacial score (nSPS) is 11.6. The molecule has 0 aliphatic carbocycles. The minimum absolute atomic E-state index is 0.261. The lowest BCUT2D eigenvalue weighted by Gasteiger charge is -2.27. The molecule has 0 radical (unpaired) electrons. The van der Waals surface area contributed by atoms with Crippen molar-refractivity contribution < 1.29 is 4.79 Å². The number of nitrogens with zero attached hydrogens (tertiary/aromatic N) is 2. The molecule has 0 unspecified atom stereocenters. The van der Waals surface area contributed by atoms with Gasteiger partial charge in [0.25, 0.3) is 0 Å². The Bertz CT molecular complexity index is 982. The van der Waals surface area contributed by atoms with Crippen LogP contribution in [0.5, 0.6) is 0 Å². The zero-order chi connectivity index (χ0) is 19.8. The third kappa shape index (κ3) is 3.76. The van der Waals surface area contributed by atoms with Crippen LogP contribution in [0, 0.1) is 0 Å². The predicted octanol–water partition coefficient (Wildman–Crippen LogP) is 5.29. The summed E-state index contributed by atoms with van der Waals surface area (Å²) in [5, 5.41) is 0.673. The number of amides is 1. The molecule has 4 nitrogen and oxygen atoms in total. The molecule has 2 aromatic carbocycles. The lowest BCUT2D eigenvalue weighted by atomic mass is 9.77. The Kier molecular flexibility index (Phi) is 5.11. The van der Waals surface area contributed by atoms with Crippen LogP contribution in [-0.4, -0.2) is 15.5 Å². The summed E-state index contributed by atoms with van der Waals surface area (Å²) in [6.07, 6.45) is 3.60. The van der Waals surface area contributed by atoms with Crippen LogP contribution in [0.4, 0.5) is 0 Å². The second-order valence-electron chi connectivity index (χ2n) is 7.63. The van der Waals surface area contributed by atoms with Crippen LogP contribution in [0.3, 0.4) is 0 Å². The fraction of sp³-hybridized carbons (Fsp3) is 0.273. The minimum atomic E-state index is -0.431. The van der Waals surface area contributed by atoms with Crippen molar-refractivity contribution in [3.8, 4) is 22.4 Å². The van der Waals surface area contributed by atoms with Crippen molar-refractivity contribution in [1.29, 1.82) is 0 Å². The summed E-state index contributed by atoms with van der Waals surface area (Å²) in [4.78, 5) is 16.6. The highest BCUT2D eigenvalue weighted by Gasteiger charge is 2.26. The van der Waals surface area contributed by atoms with Crippen LogP contribution in [-0.2, 0) is 12.0 Å². The first-order chi connectivity index (χ1) is 12.7. The maximum absolute atomic E-state index is 12.4. The Morgan fingerprint density at radius 2 is 1.81 bits per heavy atom. The predicted molar refractivity (Wildman–Crippen MR) is 111 cm³/mol. The molecular weight excluding hydrogens is 358 g/mol. The van der Waals surface area contributed by atoms with Crippen molar-refractivity contribution in [3.05, 3.63) is 65.1 Å². The second kappa shape index (κ2) is 7.20. The third-order valence-electron chi connectivity index (χ3n) is 4.66. The highest BCUT2D eigenvalue weighted by molar-refractivity contribution is 6.30. The molecule has 1 heterocycles. The molecular formula is C22H24ClN3O. The van der Waals surface area contributed by atoms with Crippen LogP contribution in [0.1, 0.15) is 43.6 Å². The molecule has 3 rings (SSSR count). The van der Waals surface area contributed by atoms with Gasteiger partial charge in [-0.3, -0.25) is 4.79 Å². The van der Waals surface area contributed by atoms with Gasteiger partial charge in [-0.15, -0.1) is 0 Å². The molecule has 0 spiro atoms. The average Bonchev–Trinajstić information content (AvgIpc) is 3.09.